The summed E-state index contributed by atoms with van der Waals surface area (Å²) in [6.07, 6.45) is 4.16. The average molecular weight is 543 g/mol. The van der Waals surface area contributed by atoms with Crippen LogP contribution in [0.25, 0.3) is 0 Å². The molecular weight excluding hydrogens is 517 g/mol. The monoisotopic (exact) mass is 543 g/mol. The number of sulfonamides is 1. The summed E-state index contributed by atoms with van der Waals surface area (Å²) in [5, 5.41) is 0. The first-order valence-electron chi connectivity index (χ1n) is 9.64. The number of rotatable bonds is 10. The van der Waals surface area contributed by atoms with Crippen molar-refractivity contribution in [3.05, 3.63) is 69.8 Å². The number of halogens is 1. The van der Waals surface area contributed by atoms with Crippen molar-refractivity contribution in [3.8, 4) is 0 Å². The zero-order valence-corrected chi connectivity index (χ0v) is 20.1. The van der Waals surface area contributed by atoms with E-state index in [-0.39, 0.29) is 18.1 Å². The Kier molecular flexibility index (Phi) is 9.64. The molecule has 0 fully saturated rings. The van der Waals surface area contributed by atoms with Crippen molar-refractivity contribution < 1.29 is 22.7 Å². The maximum Gasteiger partial charge on any atom is 0.508 e. The zero-order valence-electron chi connectivity index (χ0n) is 17.1. The lowest BCUT2D eigenvalue weighted by atomic mass is 10.2. The maximum atomic E-state index is 13.3. The van der Waals surface area contributed by atoms with Gasteiger partial charge >= 0.3 is 6.16 Å². The lowest BCUT2D eigenvalue weighted by molar-refractivity contribution is 0.0673. The van der Waals surface area contributed by atoms with Gasteiger partial charge in [-0.3, -0.25) is 4.31 Å². The van der Waals surface area contributed by atoms with Crippen LogP contribution < -0.4 is 4.31 Å². The summed E-state index contributed by atoms with van der Waals surface area (Å²) in [7, 11) is -3.69. The number of hydrogen-bond acceptors (Lipinski definition) is 5. The van der Waals surface area contributed by atoms with Crippen LogP contribution in [0.15, 0.2) is 65.6 Å². The van der Waals surface area contributed by atoms with Crippen LogP contribution in [0.2, 0.25) is 0 Å². The number of aryl methyl sites for hydroxylation is 1. The molecule has 0 aliphatic heterocycles. The molecule has 2 rings (SSSR count). The summed E-state index contributed by atoms with van der Waals surface area (Å²) in [5.41, 5.74) is 1.67. The van der Waals surface area contributed by atoms with E-state index >= 15 is 0 Å². The average Bonchev–Trinajstić information content (AvgIpc) is 2.71. The van der Waals surface area contributed by atoms with Gasteiger partial charge in [0.25, 0.3) is 10.0 Å². The molecule has 2 aromatic rings. The highest BCUT2D eigenvalue weighted by Crippen LogP contribution is 2.28. The first-order valence-corrected chi connectivity index (χ1v) is 12.2. The van der Waals surface area contributed by atoms with Crippen molar-refractivity contribution in [2.24, 2.45) is 0 Å². The summed E-state index contributed by atoms with van der Waals surface area (Å²) in [6.45, 7) is 4.36. The fourth-order valence-electron chi connectivity index (χ4n) is 2.68. The Labute approximate surface area is 192 Å². The van der Waals surface area contributed by atoms with Crippen molar-refractivity contribution >= 4 is 44.5 Å². The molecule has 0 aliphatic rings. The van der Waals surface area contributed by atoms with Gasteiger partial charge in [0.2, 0.25) is 0 Å². The number of carbonyl (C=O) groups is 1. The van der Waals surface area contributed by atoms with Crippen LogP contribution in [0, 0.1) is 10.5 Å². The first kappa shape index (κ1) is 24.2. The van der Waals surface area contributed by atoms with Gasteiger partial charge in [0, 0.05) is 10.1 Å². The quantitative estimate of drug-likeness (QED) is 0.176. The Balaban J connectivity index is 2.08. The molecule has 30 heavy (non-hydrogen) atoms. The van der Waals surface area contributed by atoms with Crippen molar-refractivity contribution in [2.45, 2.75) is 31.6 Å². The molecule has 0 amide bonds. The highest BCUT2D eigenvalue weighted by molar-refractivity contribution is 14.1. The van der Waals surface area contributed by atoms with E-state index in [1.165, 1.54) is 4.31 Å². The van der Waals surface area contributed by atoms with Gasteiger partial charge in [-0.2, -0.15) is 0 Å². The zero-order chi connectivity index (χ0) is 22.0. The molecule has 0 saturated heterocycles. The number of anilines is 1. The van der Waals surface area contributed by atoms with Crippen LogP contribution in [0.3, 0.4) is 0 Å². The molecular formula is C22H26INO5S. The van der Waals surface area contributed by atoms with E-state index in [2.05, 4.69) is 27.3 Å². The summed E-state index contributed by atoms with van der Waals surface area (Å²) in [5.74, 6) is 0. The Morgan fingerprint density at radius 2 is 1.77 bits per heavy atom. The van der Waals surface area contributed by atoms with Crippen LogP contribution in [-0.2, 0) is 19.5 Å². The van der Waals surface area contributed by atoms with Gasteiger partial charge in [-0.15, -0.1) is 0 Å². The normalized spacial score (nSPS) is 11.4. The van der Waals surface area contributed by atoms with Gasteiger partial charge < -0.3 is 9.47 Å². The highest BCUT2D eigenvalue weighted by Gasteiger charge is 2.25. The largest absolute Gasteiger partial charge is 0.508 e. The van der Waals surface area contributed by atoms with Crippen molar-refractivity contribution in [3.63, 3.8) is 0 Å². The molecule has 8 heteroatoms. The lowest BCUT2D eigenvalue weighted by Gasteiger charge is -2.25. The van der Waals surface area contributed by atoms with Crippen molar-refractivity contribution in [1.29, 1.82) is 0 Å². The van der Waals surface area contributed by atoms with E-state index in [1.54, 1.807) is 37.3 Å². The Hall–Kier alpha value is -2.07. The van der Waals surface area contributed by atoms with Crippen LogP contribution >= 0.6 is 22.6 Å². The van der Waals surface area contributed by atoms with Gasteiger partial charge in [0.15, 0.2) is 0 Å². The second-order valence-electron chi connectivity index (χ2n) is 6.45. The molecule has 0 heterocycles. The molecule has 0 N–H and O–H groups in total. The third-order valence-corrected chi connectivity index (χ3v) is 6.93. The summed E-state index contributed by atoms with van der Waals surface area (Å²) < 4.78 is 38.5. The third kappa shape index (κ3) is 7.02. The van der Waals surface area contributed by atoms with Crippen LogP contribution in [0.4, 0.5) is 10.5 Å². The number of unbranched alkanes of at least 4 members (excludes halogenated alkanes) is 1. The maximum absolute atomic E-state index is 13.3. The summed E-state index contributed by atoms with van der Waals surface area (Å²) in [4.78, 5) is 11.4. The van der Waals surface area contributed by atoms with E-state index in [4.69, 9.17) is 4.74 Å². The molecule has 0 unspecified atom stereocenters. The van der Waals surface area contributed by atoms with Gasteiger partial charge in [-0.25, -0.2) is 13.2 Å². The lowest BCUT2D eigenvalue weighted by Crippen LogP contribution is -2.32. The second-order valence-corrected chi connectivity index (χ2v) is 9.47. The third-order valence-electron chi connectivity index (χ3n) is 4.19. The first-order chi connectivity index (χ1) is 14.4. The Morgan fingerprint density at radius 1 is 1.07 bits per heavy atom. The number of ether oxygens (including phenoxy) is 2. The second kappa shape index (κ2) is 11.9. The number of carbonyl (C=O) groups excluding carboxylic acids is 1. The number of hydrogen-bond donors (Lipinski definition) is 0. The van der Waals surface area contributed by atoms with E-state index in [0.717, 1.165) is 9.13 Å². The summed E-state index contributed by atoms with van der Waals surface area (Å²) in [6, 6.07) is 14.3. The minimum absolute atomic E-state index is 0.126. The molecule has 0 bridgehead atoms. The Bertz CT molecular complexity index is 958. The van der Waals surface area contributed by atoms with Gasteiger partial charge in [-0.1, -0.05) is 42.0 Å². The van der Waals surface area contributed by atoms with Gasteiger partial charge in [0.1, 0.15) is 6.61 Å². The van der Waals surface area contributed by atoms with Gasteiger partial charge in [0.05, 0.1) is 17.2 Å². The van der Waals surface area contributed by atoms with E-state index in [0.29, 0.717) is 25.1 Å². The van der Waals surface area contributed by atoms with Crippen molar-refractivity contribution in [2.75, 3.05) is 24.1 Å². The molecule has 0 saturated carbocycles. The fourth-order valence-corrected chi connectivity index (χ4v) is 5.04. The molecule has 0 spiro atoms. The van der Waals surface area contributed by atoms with E-state index in [1.807, 2.05) is 37.3 Å². The van der Waals surface area contributed by atoms with E-state index in [9.17, 15) is 13.2 Å². The molecule has 162 valence electrons. The predicted molar refractivity (Wildman–Crippen MR) is 126 cm³/mol. The van der Waals surface area contributed by atoms with Crippen LogP contribution in [-0.4, -0.2) is 34.3 Å². The standard InChI is InChI=1S/C22H26INO5S/c1-3-28-22(25)29-17-9-5-4-8-16-24(21-11-7-6-10-20(21)23)30(26,27)19-14-12-18(2)13-15-19/h5-7,9-15H,3-4,8,16-17H2,1-2H3/b9-5+. The minimum atomic E-state index is -3.69. The number of benzene rings is 2. The van der Waals surface area contributed by atoms with E-state index < -0.39 is 16.2 Å². The van der Waals surface area contributed by atoms with Crippen molar-refractivity contribution in [1.82, 2.24) is 0 Å². The fraction of sp³-hybridized carbons (Fsp3) is 0.318. The summed E-state index contributed by atoms with van der Waals surface area (Å²) >= 11 is 2.15. The molecule has 0 aliphatic carbocycles. The molecule has 0 atom stereocenters. The number of para-hydroxylation sites is 1. The SMILES string of the molecule is CCOC(=O)OC/C=C/CCCN(c1ccccc1I)S(=O)(=O)c1ccc(C)cc1. The van der Waals surface area contributed by atoms with Crippen LogP contribution in [0.5, 0.6) is 0 Å². The van der Waals surface area contributed by atoms with Gasteiger partial charge in [-0.05, 0) is 73.5 Å². The predicted octanol–water partition coefficient (Wildman–Crippen LogP) is 5.30. The number of nitrogens with zero attached hydrogens (tertiary/aromatic N) is 1. The Morgan fingerprint density at radius 3 is 2.43 bits per heavy atom. The molecule has 0 aromatic heterocycles. The highest BCUT2D eigenvalue weighted by atomic mass is 127. The molecule has 0 radical (unpaired) electrons. The smallest absolute Gasteiger partial charge is 0.435 e. The molecule has 6 nitrogen and oxygen atoms in total. The van der Waals surface area contributed by atoms with Crippen LogP contribution in [0.1, 0.15) is 25.3 Å². The minimum Gasteiger partial charge on any atom is -0.435 e. The number of allylic oxidation sites excluding steroid dienone is 1. The molecule has 2 aromatic carbocycles. The topological polar surface area (TPSA) is 72.9 Å².